The summed E-state index contributed by atoms with van der Waals surface area (Å²) in [5, 5.41) is 7.28. The lowest BCUT2D eigenvalue weighted by Crippen LogP contribution is -2.28. The van der Waals surface area contributed by atoms with Crippen LogP contribution < -0.4 is 15.6 Å². The van der Waals surface area contributed by atoms with Crippen LogP contribution in [0.1, 0.15) is 5.56 Å². The number of ether oxygens (including phenoxy) is 1. The van der Waals surface area contributed by atoms with Crippen LogP contribution in [-0.4, -0.2) is 27.2 Å². The Hall–Kier alpha value is -3.39. The van der Waals surface area contributed by atoms with E-state index < -0.39 is 0 Å². The van der Waals surface area contributed by atoms with Gasteiger partial charge in [-0.2, -0.15) is 5.10 Å². The van der Waals surface area contributed by atoms with E-state index in [4.69, 9.17) is 4.74 Å². The normalized spacial score (nSPS) is 10.9. The number of anilines is 1. The van der Waals surface area contributed by atoms with Crippen molar-refractivity contribution < 1.29 is 9.53 Å². The number of nitrogens with zero attached hydrogens (tertiary/aromatic N) is 3. The first-order chi connectivity index (χ1) is 14.4. The largest absolute Gasteiger partial charge is 0.497 e. The topological polar surface area (TPSA) is 77.6 Å². The second kappa shape index (κ2) is 8.16. The number of benzene rings is 2. The van der Waals surface area contributed by atoms with Gasteiger partial charge in [0.15, 0.2) is 0 Å². The number of methoxy groups -OCH3 is 1. The van der Waals surface area contributed by atoms with Gasteiger partial charge in [-0.05, 0) is 61.0 Å². The van der Waals surface area contributed by atoms with Crippen molar-refractivity contribution in [2.45, 2.75) is 13.5 Å². The van der Waals surface area contributed by atoms with Gasteiger partial charge in [-0.1, -0.05) is 15.9 Å². The summed E-state index contributed by atoms with van der Waals surface area (Å²) in [6.45, 7) is 1.85. The van der Waals surface area contributed by atoms with Crippen LogP contribution in [0.15, 0.2) is 70.2 Å². The summed E-state index contributed by atoms with van der Waals surface area (Å²) in [7, 11) is 1.61. The summed E-state index contributed by atoms with van der Waals surface area (Å²) >= 11 is 3.44. The maximum absolute atomic E-state index is 12.9. The molecular weight excluding hydrogens is 448 g/mol. The molecule has 0 unspecified atom stereocenters. The molecule has 2 heterocycles. The Morgan fingerprint density at radius 3 is 2.60 bits per heavy atom. The van der Waals surface area contributed by atoms with Crippen molar-refractivity contribution in [2.24, 2.45) is 0 Å². The van der Waals surface area contributed by atoms with Gasteiger partial charge >= 0.3 is 0 Å². The Morgan fingerprint density at radius 1 is 1.13 bits per heavy atom. The highest BCUT2D eigenvalue weighted by molar-refractivity contribution is 9.10. The van der Waals surface area contributed by atoms with E-state index in [0.717, 1.165) is 21.3 Å². The number of hydrogen-bond donors (Lipinski definition) is 1. The zero-order chi connectivity index (χ0) is 21.3. The molecule has 0 bridgehead atoms. The molecule has 30 heavy (non-hydrogen) atoms. The van der Waals surface area contributed by atoms with E-state index in [1.54, 1.807) is 31.6 Å². The molecule has 4 aromatic rings. The molecule has 0 spiro atoms. The van der Waals surface area contributed by atoms with E-state index >= 15 is 0 Å². The fourth-order valence-corrected chi connectivity index (χ4v) is 3.38. The number of aromatic nitrogens is 3. The number of fused-ring (bicyclic) bond motifs is 1. The van der Waals surface area contributed by atoms with Gasteiger partial charge in [0, 0.05) is 28.1 Å². The molecule has 0 aliphatic carbocycles. The van der Waals surface area contributed by atoms with Gasteiger partial charge in [0.2, 0.25) is 5.91 Å². The highest BCUT2D eigenvalue weighted by Crippen LogP contribution is 2.22. The van der Waals surface area contributed by atoms with E-state index in [2.05, 4.69) is 26.3 Å². The van der Waals surface area contributed by atoms with Crippen LogP contribution in [0.4, 0.5) is 5.69 Å². The summed E-state index contributed by atoms with van der Waals surface area (Å²) < 4.78 is 9.03. The van der Waals surface area contributed by atoms with Crippen LogP contribution in [0, 0.1) is 6.92 Å². The van der Waals surface area contributed by atoms with Crippen molar-refractivity contribution in [3.63, 3.8) is 0 Å². The first-order valence-electron chi connectivity index (χ1n) is 9.24. The minimum absolute atomic E-state index is 0.0898. The Morgan fingerprint density at radius 2 is 1.90 bits per heavy atom. The van der Waals surface area contributed by atoms with Crippen LogP contribution >= 0.6 is 15.9 Å². The maximum atomic E-state index is 12.9. The van der Waals surface area contributed by atoms with Gasteiger partial charge in [0.05, 0.1) is 12.8 Å². The third-order valence-electron chi connectivity index (χ3n) is 4.74. The number of halogens is 1. The van der Waals surface area contributed by atoms with Crippen molar-refractivity contribution >= 4 is 33.0 Å². The Bertz CT molecular complexity index is 1290. The second-order valence-electron chi connectivity index (χ2n) is 6.83. The Kier molecular flexibility index (Phi) is 5.41. The number of rotatable bonds is 5. The number of carbonyl (C=O) groups excluding carboxylic acids is 1. The predicted molar refractivity (Wildman–Crippen MR) is 119 cm³/mol. The van der Waals surface area contributed by atoms with Crippen molar-refractivity contribution in [2.75, 3.05) is 12.4 Å². The fraction of sp³-hybridized carbons (Fsp3) is 0.136. The summed E-state index contributed by atoms with van der Waals surface area (Å²) in [6, 6.07) is 14.7. The highest BCUT2D eigenvalue weighted by Gasteiger charge is 2.12. The molecule has 1 amide bonds. The van der Waals surface area contributed by atoms with Gasteiger partial charge in [0.1, 0.15) is 17.8 Å². The van der Waals surface area contributed by atoms with Gasteiger partial charge < -0.3 is 14.6 Å². The molecule has 4 rings (SSSR count). The summed E-state index contributed by atoms with van der Waals surface area (Å²) in [5.41, 5.74) is 3.34. The quantitative estimate of drug-likeness (QED) is 0.484. The number of aryl methyl sites for hydroxylation is 1. The minimum Gasteiger partial charge on any atom is -0.497 e. The zero-order valence-electron chi connectivity index (χ0n) is 16.4. The van der Waals surface area contributed by atoms with Crippen molar-refractivity contribution in [1.82, 2.24) is 14.2 Å². The molecule has 0 atom stereocenters. The fourth-order valence-electron chi connectivity index (χ4n) is 3.13. The van der Waals surface area contributed by atoms with E-state index in [1.807, 2.05) is 43.3 Å². The van der Waals surface area contributed by atoms with E-state index in [-0.39, 0.29) is 18.0 Å². The Balaban J connectivity index is 1.57. The molecule has 8 heteroatoms. The molecule has 7 nitrogen and oxygen atoms in total. The minimum atomic E-state index is -0.285. The summed E-state index contributed by atoms with van der Waals surface area (Å²) in [6.07, 6.45) is 3.23. The molecule has 0 saturated heterocycles. The lowest BCUT2D eigenvalue weighted by molar-refractivity contribution is -0.116. The summed E-state index contributed by atoms with van der Waals surface area (Å²) in [5.74, 6) is 0.468. The molecule has 0 radical (unpaired) electrons. The lowest BCUT2D eigenvalue weighted by Gasteiger charge is -2.09. The lowest BCUT2D eigenvalue weighted by atomic mass is 10.1. The number of hydrogen-bond acceptors (Lipinski definition) is 4. The number of amides is 1. The third-order valence-corrected chi connectivity index (χ3v) is 5.63. The Labute approximate surface area is 181 Å². The van der Waals surface area contributed by atoms with Gasteiger partial charge in [-0.15, -0.1) is 0 Å². The standard InChI is InChI=1S/C22H19BrN4O3/c1-14-11-16(5-8-18(14)23)24-21(28)13-26-9-10-27-20(22(26)29)12-19(25-27)15-3-6-17(30-2)7-4-15/h3-12H,13H2,1-2H3,(H,24,28). The van der Waals surface area contributed by atoms with Crippen LogP contribution in [0.3, 0.4) is 0 Å². The smallest absolute Gasteiger partial charge is 0.277 e. The highest BCUT2D eigenvalue weighted by atomic mass is 79.9. The maximum Gasteiger partial charge on any atom is 0.277 e. The van der Waals surface area contributed by atoms with Crippen LogP contribution in [-0.2, 0) is 11.3 Å². The van der Waals surface area contributed by atoms with Crippen LogP contribution in [0.2, 0.25) is 0 Å². The van der Waals surface area contributed by atoms with E-state index in [0.29, 0.717) is 16.9 Å². The predicted octanol–water partition coefficient (Wildman–Crippen LogP) is 3.88. The average molecular weight is 467 g/mol. The van der Waals surface area contributed by atoms with Crippen LogP contribution in [0.25, 0.3) is 16.8 Å². The molecule has 0 saturated carbocycles. The zero-order valence-corrected chi connectivity index (χ0v) is 18.0. The first kappa shape index (κ1) is 19.9. The molecular formula is C22H19BrN4O3. The molecule has 0 aliphatic heterocycles. The molecule has 2 aromatic heterocycles. The van der Waals surface area contributed by atoms with E-state index in [1.165, 1.54) is 9.08 Å². The van der Waals surface area contributed by atoms with Crippen LogP contribution in [0.5, 0.6) is 5.75 Å². The number of carbonyl (C=O) groups is 1. The third kappa shape index (κ3) is 3.99. The van der Waals surface area contributed by atoms with Gasteiger partial charge in [0.25, 0.3) is 5.56 Å². The molecule has 152 valence electrons. The van der Waals surface area contributed by atoms with Gasteiger partial charge in [-0.25, -0.2) is 4.52 Å². The van der Waals surface area contributed by atoms with Gasteiger partial charge in [-0.3, -0.25) is 9.59 Å². The number of nitrogens with one attached hydrogen (secondary N) is 1. The molecule has 0 fully saturated rings. The summed E-state index contributed by atoms with van der Waals surface area (Å²) in [4.78, 5) is 25.3. The molecule has 0 aliphatic rings. The SMILES string of the molecule is COc1ccc(-c2cc3c(=O)n(CC(=O)Nc4ccc(Br)c(C)c4)ccn3n2)cc1. The van der Waals surface area contributed by atoms with Crippen molar-refractivity contribution in [1.29, 1.82) is 0 Å². The van der Waals surface area contributed by atoms with Crippen molar-refractivity contribution in [3.05, 3.63) is 81.3 Å². The average Bonchev–Trinajstić information content (AvgIpc) is 3.18. The first-order valence-corrected chi connectivity index (χ1v) is 10.0. The second-order valence-corrected chi connectivity index (χ2v) is 7.69. The molecule has 1 N–H and O–H groups in total. The molecule has 2 aromatic carbocycles. The van der Waals surface area contributed by atoms with Crippen molar-refractivity contribution in [3.8, 4) is 17.0 Å². The monoisotopic (exact) mass is 466 g/mol. The van der Waals surface area contributed by atoms with E-state index in [9.17, 15) is 9.59 Å².